The molecule has 0 aliphatic heterocycles. The molecule has 1 unspecified atom stereocenters. The fourth-order valence-electron chi connectivity index (χ4n) is 4.82. The Balaban J connectivity index is 1.54. The minimum absolute atomic E-state index is 0.0410. The fourth-order valence-corrected chi connectivity index (χ4v) is 4.99. The first-order valence-electron chi connectivity index (χ1n) is 12.7. The maximum absolute atomic E-state index is 13.7. The molecule has 0 fully saturated rings. The number of nitrogens with zero attached hydrogens (tertiary/aromatic N) is 7. The molecule has 2 aromatic carbocycles. The Morgan fingerprint density at radius 1 is 1.10 bits per heavy atom. The Morgan fingerprint density at radius 3 is 2.69 bits per heavy atom. The Hall–Kier alpha value is -4.31. The van der Waals surface area contributed by atoms with Gasteiger partial charge in [-0.1, -0.05) is 37.4 Å². The largest absolute Gasteiger partial charge is 0.495 e. The average molecular weight is 546 g/mol. The van der Waals surface area contributed by atoms with Crippen LogP contribution in [0.3, 0.4) is 0 Å². The van der Waals surface area contributed by atoms with Gasteiger partial charge < -0.3 is 9.30 Å². The smallest absolute Gasteiger partial charge is 0.252 e. The van der Waals surface area contributed by atoms with E-state index >= 15 is 0 Å². The second-order valence-electron chi connectivity index (χ2n) is 9.41. The lowest BCUT2D eigenvalue weighted by molar-refractivity contribution is -0.121. The number of aromatic nitrogens is 7. The van der Waals surface area contributed by atoms with Gasteiger partial charge in [0.15, 0.2) is 5.78 Å². The number of carbonyl (C=O) groups is 1. The number of pyridine rings is 1. The molecule has 5 rings (SSSR count). The molecule has 0 saturated carbocycles. The number of Topliss-reactive ketones (excluding diaryl/α,β-unsaturated/α-hetero) is 1. The summed E-state index contributed by atoms with van der Waals surface area (Å²) in [6.07, 6.45) is 7.44. The van der Waals surface area contributed by atoms with Gasteiger partial charge in [0.2, 0.25) is 0 Å². The minimum atomic E-state index is -0.636. The molecule has 5 aromatic rings. The van der Waals surface area contributed by atoms with Gasteiger partial charge in [0.1, 0.15) is 12.1 Å². The molecule has 3 heterocycles. The lowest BCUT2D eigenvalue weighted by Gasteiger charge is -2.21. The Bertz CT molecular complexity index is 1690. The summed E-state index contributed by atoms with van der Waals surface area (Å²) < 4.78 is 10.5. The Labute approximate surface area is 229 Å². The zero-order valence-electron chi connectivity index (χ0n) is 21.9. The van der Waals surface area contributed by atoms with E-state index in [2.05, 4.69) is 27.5 Å². The van der Waals surface area contributed by atoms with Gasteiger partial charge in [-0.05, 0) is 52.7 Å². The zero-order valence-corrected chi connectivity index (χ0v) is 22.7. The van der Waals surface area contributed by atoms with Crippen LogP contribution in [0.5, 0.6) is 5.75 Å². The van der Waals surface area contributed by atoms with Crippen molar-refractivity contribution in [2.75, 3.05) is 7.11 Å². The van der Waals surface area contributed by atoms with E-state index in [4.69, 9.17) is 16.3 Å². The number of halogens is 1. The highest BCUT2D eigenvalue weighted by Gasteiger charge is 2.24. The van der Waals surface area contributed by atoms with Crippen molar-refractivity contribution in [1.29, 1.82) is 0 Å². The van der Waals surface area contributed by atoms with Gasteiger partial charge in [-0.15, -0.1) is 5.10 Å². The summed E-state index contributed by atoms with van der Waals surface area (Å²) in [6, 6.07) is 11.9. The van der Waals surface area contributed by atoms with Crippen LogP contribution in [-0.2, 0) is 18.3 Å². The van der Waals surface area contributed by atoms with Gasteiger partial charge >= 0.3 is 0 Å². The van der Waals surface area contributed by atoms with Crippen molar-refractivity contribution in [2.24, 2.45) is 7.05 Å². The number of ether oxygens (including phenoxy) is 1. The topological polar surface area (TPSA) is 110 Å². The molecule has 3 aromatic heterocycles. The van der Waals surface area contributed by atoms with Crippen LogP contribution in [0.1, 0.15) is 37.8 Å². The second-order valence-corrected chi connectivity index (χ2v) is 9.85. The van der Waals surface area contributed by atoms with Crippen LogP contribution in [0.2, 0.25) is 5.02 Å². The number of fused-ring (bicyclic) bond motifs is 1. The molecule has 0 saturated heterocycles. The normalized spacial score (nSPS) is 12.1. The molecule has 0 aliphatic carbocycles. The summed E-state index contributed by atoms with van der Waals surface area (Å²) in [5, 5.41) is 17.3. The third-order valence-corrected chi connectivity index (χ3v) is 6.94. The van der Waals surface area contributed by atoms with E-state index in [0.29, 0.717) is 34.0 Å². The number of ketones is 1. The van der Waals surface area contributed by atoms with Crippen LogP contribution in [-0.4, -0.2) is 47.4 Å². The number of tetrazole rings is 1. The number of benzene rings is 2. The third-order valence-electron chi connectivity index (χ3n) is 6.71. The molecule has 10 nitrogen and oxygen atoms in total. The lowest BCUT2D eigenvalue weighted by atomic mass is 9.97. The van der Waals surface area contributed by atoms with E-state index < -0.39 is 6.04 Å². The molecule has 1 atom stereocenters. The highest BCUT2D eigenvalue weighted by molar-refractivity contribution is 6.31. The van der Waals surface area contributed by atoms with Gasteiger partial charge in [-0.2, -0.15) is 9.78 Å². The first-order chi connectivity index (χ1) is 18.9. The second kappa shape index (κ2) is 11.2. The van der Waals surface area contributed by atoms with Crippen LogP contribution in [0, 0.1) is 0 Å². The van der Waals surface area contributed by atoms with Crippen LogP contribution < -0.4 is 10.3 Å². The molecule has 0 bridgehead atoms. The summed E-state index contributed by atoms with van der Waals surface area (Å²) >= 11 is 6.32. The lowest BCUT2D eigenvalue weighted by Crippen LogP contribution is -2.30. The van der Waals surface area contributed by atoms with Crippen LogP contribution in [0.25, 0.3) is 27.7 Å². The standard InChI is InChI=1S/C28H28ClN7O3/c1-4-5-6-25(26(37)12-18-7-9-23-19(11-18)15-34(2)31-23)35-16-27(39-3)22(14-28(35)38)21-13-20(29)8-10-24(21)36-17-30-32-33-36/h7-11,13-17,25H,4-6,12H2,1-3H3. The van der Waals surface area contributed by atoms with Crippen molar-refractivity contribution in [1.82, 2.24) is 34.6 Å². The quantitative estimate of drug-likeness (QED) is 0.252. The number of aryl methyl sites for hydroxylation is 1. The van der Waals surface area contributed by atoms with E-state index in [9.17, 15) is 9.59 Å². The summed E-state index contributed by atoms with van der Waals surface area (Å²) in [7, 11) is 3.39. The Morgan fingerprint density at radius 2 is 1.95 bits per heavy atom. The number of unbranched alkanes of at least 4 members (excludes halogenated alkanes) is 1. The van der Waals surface area contributed by atoms with Crippen molar-refractivity contribution in [3.63, 3.8) is 0 Å². The average Bonchev–Trinajstić information content (AvgIpc) is 3.58. The maximum atomic E-state index is 13.7. The van der Waals surface area contributed by atoms with Crippen LogP contribution in [0.15, 0.2) is 66.0 Å². The maximum Gasteiger partial charge on any atom is 0.252 e. The molecule has 0 spiro atoms. The third kappa shape index (κ3) is 5.46. The van der Waals surface area contributed by atoms with Gasteiger partial charge in [-0.25, -0.2) is 0 Å². The first kappa shape index (κ1) is 26.3. The van der Waals surface area contributed by atoms with Crippen molar-refractivity contribution in [2.45, 2.75) is 38.6 Å². The van der Waals surface area contributed by atoms with Gasteiger partial charge in [-0.3, -0.25) is 14.3 Å². The van der Waals surface area contributed by atoms with Crippen molar-refractivity contribution in [3.05, 3.63) is 82.1 Å². The predicted molar refractivity (Wildman–Crippen MR) is 148 cm³/mol. The van der Waals surface area contributed by atoms with E-state index in [1.807, 2.05) is 31.4 Å². The number of rotatable bonds is 10. The van der Waals surface area contributed by atoms with Crippen molar-refractivity contribution >= 4 is 28.3 Å². The monoisotopic (exact) mass is 545 g/mol. The van der Waals surface area contributed by atoms with Gasteiger partial charge in [0.25, 0.3) is 5.56 Å². The first-order valence-corrected chi connectivity index (χ1v) is 13.0. The van der Waals surface area contributed by atoms with Crippen molar-refractivity contribution in [3.8, 4) is 22.6 Å². The van der Waals surface area contributed by atoms with E-state index in [0.717, 1.165) is 29.3 Å². The summed E-state index contributed by atoms with van der Waals surface area (Å²) in [5.74, 6) is 0.387. The van der Waals surface area contributed by atoms with E-state index in [1.165, 1.54) is 28.8 Å². The SMILES string of the molecule is CCCCC(C(=O)Cc1ccc2nn(C)cc2c1)n1cc(OC)c(-c2cc(Cl)ccc2-n2cnnn2)cc1=O. The highest BCUT2D eigenvalue weighted by Crippen LogP contribution is 2.35. The summed E-state index contributed by atoms with van der Waals surface area (Å²) in [4.78, 5) is 27.2. The van der Waals surface area contributed by atoms with E-state index in [1.54, 1.807) is 29.1 Å². The van der Waals surface area contributed by atoms with Gasteiger partial charge in [0, 0.05) is 47.3 Å². The molecule has 0 aliphatic rings. The minimum Gasteiger partial charge on any atom is -0.495 e. The molecule has 200 valence electrons. The van der Waals surface area contributed by atoms with Crippen molar-refractivity contribution < 1.29 is 9.53 Å². The zero-order chi connectivity index (χ0) is 27.5. The summed E-state index contributed by atoms with van der Waals surface area (Å²) in [6.45, 7) is 2.06. The molecule has 39 heavy (non-hydrogen) atoms. The number of methoxy groups -OCH3 is 1. The molecular weight excluding hydrogens is 518 g/mol. The molecule has 0 radical (unpaired) electrons. The molecular formula is C28H28ClN7O3. The molecule has 0 N–H and O–H groups in total. The number of hydrogen-bond donors (Lipinski definition) is 0. The number of carbonyl (C=O) groups excluding carboxylic acids is 1. The van der Waals surface area contributed by atoms with Crippen LogP contribution >= 0.6 is 11.6 Å². The molecule has 11 heteroatoms. The van der Waals surface area contributed by atoms with E-state index in [-0.39, 0.29) is 17.8 Å². The van der Waals surface area contributed by atoms with Gasteiger partial charge in [0.05, 0.1) is 30.6 Å². The molecule has 0 amide bonds. The summed E-state index contributed by atoms with van der Waals surface area (Å²) in [5.41, 5.74) is 3.21. The number of hydrogen-bond acceptors (Lipinski definition) is 7. The van der Waals surface area contributed by atoms with Crippen LogP contribution in [0.4, 0.5) is 0 Å². The fraction of sp³-hybridized carbons (Fsp3) is 0.286. The predicted octanol–water partition coefficient (Wildman–Crippen LogP) is 4.58. The Kier molecular flexibility index (Phi) is 7.56. The highest BCUT2D eigenvalue weighted by atomic mass is 35.5.